The number of likely N-dealkylation sites (N-methyl/N-ethyl adjacent to an activating group) is 1. The Hall–Kier alpha value is -2.08. The smallest absolute Gasteiger partial charge is 0.228 e. The normalized spacial score (nSPS) is 19.6. The number of benzene rings is 1. The number of carbonyl (C=O) groups is 1. The second kappa shape index (κ2) is 8.74. The molecule has 2 aromatic rings. The van der Waals surface area contributed by atoms with Crippen molar-refractivity contribution in [3.63, 3.8) is 0 Å². The first-order chi connectivity index (χ1) is 13.0. The van der Waals surface area contributed by atoms with Gasteiger partial charge in [0.2, 0.25) is 5.91 Å². The van der Waals surface area contributed by atoms with Crippen LogP contribution >= 0.6 is 11.3 Å². The van der Waals surface area contributed by atoms with E-state index in [1.54, 1.807) is 25.6 Å². The monoisotopic (exact) mass is 388 g/mol. The zero-order valence-corrected chi connectivity index (χ0v) is 17.3. The number of ether oxygens (including phenoxy) is 2. The highest BCUT2D eigenvalue weighted by Gasteiger charge is 2.28. The van der Waals surface area contributed by atoms with Gasteiger partial charge in [-0.3, -0.25) is 4.79 Å². The van der Waals surface area contributed by atoms with E-state index in [-0.39, 0.29) is 5.91 Å². The fourth-order valence-electron chi connectivity index (χ4n) is 3.83. The molecule has 6 heteroatoms. The molecule has 0 bridgehead atoms. The number of amides is 1. The highest BCUT2D eigenvalue weighted by Crippen LogP contribution is 2.34. The molecule has 0 N–H and O–H groups in total. The van der Waals surface area contributed by atoms with E-state index in [0.29, 0.717) is 29.9 Å². The Labute approximate surface area is 165 Å². The maximum atomic E-state index is 12.7. The van der Waals surface area contributed by atoms with E-state index in [2.05, 4.69) is 11.9 Å². The van der Waals surface area contributed by atoms with Crippen LogP contribution in [0.3, 0.4) is 0 Å². The molecule has 1 aromatic heterocycles. The lowest BCUT2D eigenvalue weighted by molar-refractivity contribution is -0.132. The van der Waals surface area contributed by atoms with Gasteiger partial charge in [-0.05, 0) is 37.0 Å². The Balaban J connectivity index is 1.69. The summed E-state index contributed by atoms with van der Waals surface area (Å²) in [5.41, 5.74) is 1.79. The Kier molecular flexibility index (Phi) is 6.37. The van der Waals surface area contributed by atoms with Gasteiger partial charge in [0.15, 0.2) is 11.5 Å². The van der Waals surface area contributed by atoms with Crippen LogP contribution in [0.2, 0.25) is 0 Å². The number of methoxy groups -OCH3 is 2. The van der Waals surface area contributed by atoms with Gasteiger partial charge in [-0.15, -0.1) is 11.3 Å². The third kappa shape index (κ3) is 4.43. The fourth-order valence-corrected chi connectivity index (χ4v) is 4.64. The zero-order chi connectivity index (χ0) is 19.4. The van der Waals surface area contributed by atoms with Gasteiger partial charge in [0.05, 0.1) is 26.3 Å². The molecule has 2 unspecified atom stereocenters. The van der Waals surface area contributed by atoms with E-state index < -0.39 is 0 Å². The second-order valence-corrected chi connectivity index (χ2v) is 8.08. The van der Waals surface area contributed by atoms with Crippen LogP contribution in [0.15, 0.2) is 23.6 Å². The van der Waals surface area contributed by atoms with Crippen LogP contribution in [0.4, 0.5) is 0 Å². The Morgan fingerprint density at radius 3 is 2.67 bits per heavy atom. The molecule has 1 saturated carbocycles. The second-order valence-electron chi connectivity index (χ2n) is 7.22. The van der Waals surface area contributed by atoms with Crippen molar-refractivity contribution in [2.75, 3.05) is 21.3 Å². The van der Waals surface area contributed by atoms with Gasteiger partial charge in [0.25, 0.3) is 0 Å². The standard InChI is InChI=1S/C21H28N2O3S/c1-14-7-5-6-8-17(14)23(2)20(24)12-16-13-27-21(22-16)15-9-10-18(25-3)19(11-15)26-4/h9-11,13-14,17H,5-8,12H2,1-4H3. The third-order valence-electron chi connectivity index (χ3n) is 5.47. The van der Waals surface area contributed by atoms with E-state index in [0.717, 1.165) is 22.7 Å². The SMILES string of the molecule is COc1ccc(-c2nc(CC(=O)N(C)C3CCCCC3C)cs2)cc1OC. The van der Waals surface area contributed by atoms with Crippen LogP contribution in [0.5, 0.6) is 11.5 Å². The highest BCUT2D eigenvalue weighted by atomic mass is 32.1. The van der Waals surface area contributed by atoms with Crippen molar-refractivity contribution in [2.45, 2.75) is 45.1 Å². The Bertz CT molecular complexity index is 789. The van der Waals surface area contributed by atoms with Crippen molar-refractivity contribution < 1.29 is 14.3 Å². The van der Waals surface area contributed by atoms with Gasteiger partial charge in [-0.1, -0.05) is 19.8 Å². The lowest BCUT2D eigenvalue weighted by Gasteiger charge is -2.36. The Morgan fingerprint density at radius 1 is 1.22 bits per heavy atom. The maximum Gasteiger partial charge on any atom is 0.228 e. The largest absolute Gasteiger partial charge is 0.493 e. The lowest BCUT2D eigenvalue weighted by atomic mass is 9.85. The molecule has 0 saturated heterocycles. The molecule has 1 fully saturated rings. The summed E-state index contributed by atoms with van der Waals surface area (Å²) < 4.78 is 10.7. The van der Waals surface area contributed by atoms with Crippen molar-refractivity contribution in [1.82, 2.24) is 9.88 Å². The molecule has 1 amide bonds. The molecule has 5 nitrogen and oxygen atoms in total. The van der Waals surface area contributed by atoms with Crippen molar-refractivity contribution in [1.29, 1.82) is 0 Å². The van der Waals surface area contributed by atoms with Crippen LogP contribution in [0.25, 0.3) is 10.6 Å². The van der Waals surface area contributed by atoms with Gasteiger partial charge < -0.3 is 14.4 Å². The molecule has 1 aromatic carbocycles. The Morgan fingerprint density at radius 2 is 1.96 bits per heavy atom. The molecule has 0 spiro atoms. The molecule has 0 radical (unpaired) electrons. The maximum absolute atomic E-state index is 12.7. The molecule has 1 heterocycles. The number of carbonyl (C=O) groups excluding carboxylic acids is 1. The average molecular weight is 389 g/mol. The molecular formula is C21H28N2O3S. The summed E-state index contributed by atoms with van der Waals surface area (Å²) in [4.78, 5) is 19.4. The summed E-state index contributed by atoms with van der Waals surface area (Å²) in [5, 5.41) is 2.86. The minimum Gasteiger partial charge on any atom is -0.493 e. The number of nitrogens with zero attached hydrogens (tertiary/aromatic N) is 2. The molecule has 1 aliphatic rings. The summed E-state index contributed by atoms with van der Waals surface area (Å²) in [6, 6.07) is 6.11. The van der Waals surface area contributed by atoms with Crippen molar-refractivity contribution in [2.24, 2.45) is 5.92 Å². The van der Waals surface area contributed by atoms with Gasteiger partial charge in [-0.2, -0.15) is 0 Å². The molecule has 1 aliphatic carbocycles. The van der Waals surface area contributed by atoms with Crippen LogP contribution < -0.4 is 9.47 Å². The van der Waals surface area contributed by atoms with E-state index in [1.165, 1.54) is 19.3 Å². The minimum atomic E-state index is 0.151. The summed E-state index contributed by atoms with van der Waals surface area (Å²) in [6.45, 7) is 2.26. The molecule has 27 heavy (non-hydrogen) atoms. The predicted octanol–water partition coefficient (Wildman–Crippen LogP) is 4.41. The number of aromatic nitrogens is 1. The van der Waals surface area contributed by atoms with Crippen molar-refractivity contribution >= 4 is 17.2 Å². The molecule has 3 rings (SSSR count). The van der Waals surface area contributed by atoms with Crippen LogP contribution in [0, 0.1) is 5.92 Å². The van der Waals surface area contributed by atoms with Crippen molar-refractivity contribution in [3.8, 4) is 22.1 Å². The van der Waals surface area contributed by atoms with Gasteiger partial charge in [-0.25, -0.2) is 4.98 Å². The molecule has 146 valence electrons. The number of rotatable bonds is 6. The van der Waals surface area contributed by atoms with E-state index >= 15 is 0 Å². The summed E-state index contributed by atoms with van der Waals surface area (Å²) in [6.07, 6.45) is 5.16. The number of hydrogen-bond acceptors (Lipinski definition) is 5. The molecule has 2 atom stereocenters. The highest BCUT2D eigenvalue weighted by molar-refractivity contribution is 7.13. The average Bonchev–Trinajstić information content (AvgIpc) is 3.15. The van der Waals surface area contributed by atoms with Gasteiger partial charge in [0.1, 0.15) is 5.01 Å². The van der Waals surface area contributed by atoms with Gasteiger partial charge >= 0.3 is 0 Å². The first kappa shape index (κ1) is 19.7. The quantitative estimate of drug-likeness (QED) is 0.736. The van der Waals surface area contributed by atoms with Crippen LogP contribution in [-0.2, 0) is 11.2 Å². The first-order valence-electron chi connectivity index (χ1n) is 9.46. The topological polar surface area (TPSA) is 51.7 Å². The van der Waals surface area contributed by atoms with Crippen LogP contribution in [-0.4, -0.2) is 43.1 Å². The zero-order valence-electron chi connectivity index (χ0n) is 16.5. The summed E-state index contributed by atoms with van der Waals surface area (Å²) in [7, 11) is 5.18. The van der Waals surface area contributed by atoms with Crippen molar-refractivity contribution in [3.05, 3.63) is 29.3 Å². The minimum absolute atomic E-state index is 0.151. The first-order valence-corrected chi connectivity index (χ1v) is 10.3. The lowest BCUT2D eigenvalue weighted by Crippen LogP contribution is -2.43. The summed E-state index contributed by atoms with van der Waals surface area (Å²) in [5.74, 6) is 2.09. The molecular weight excluding hydrogens is 360 g/mol. The van der Waals surface area contributed by atoms with E-state index in [1.807, 2.05) is 35.5 Å². The van der Waals surface area contributed by atoms with Crippen LogP contribution in [0.1, 0.15) is 38.3 Å². The number of thiazole rings is 1. The van der Waals surface area contributed by atoms with E-state index in [4.69, 9.17) is 9.47 Å². The fraction of sp³-hybridized carbons (Fsp3) is 0.524. The number of hydrogen-bond donors (Lipinski definition) is 0. The predicted molar refractivity (Wildman–Crippen MR) is 109 cm³/mol. The third-order valence-corrected chi connectivity index (χ3v) is 6.41. The van der Waals surface area contributed by atoms with E-state index in [9.17, 15) is 4.79 Å². The molecule has 0 aliphatic heterocycles. The summed E-state index contributed by atoms with van der Waals surface area (Å²) >= 11 is 1.55. The van der Waals surface area contributed by atoms with Gasteiger partial charge in [0, 0.05) is 24.0 Å².